The van der Waals surface area contributed by atoms with Crippen LogP contribution in [0.3, 0.4) is 0 Å². The SMILES string of the molecule is Clc1ccc(Br)c(Nc2ccc(Cl)nn2)c1. The summed E-state index contributed by atoms with van der Waals surface area (Å²) in [5, 5.41) is 11.7. The minimum atomic E-state index is 0.357. The number of nitrogens with one attached hydrogen (secondary N) is 1. The Labute approximate surface area is 111 Å². The maximum Gasteiger partial charge on any atom is 0.153 e. The normalized spacial score (nSPS) is 10.2. The maximum absolute atomic E-state index is 5.89. The van der Waals surface area contributed by atoms with E-state index in [1.54, 1.807) is 24.3 Å². The molecule has 6 heteroatoms. The third-order valence-corrected chi connectivity index (χ3v) is 2.95. The molecule has 16 heavy (non-hydrogen) atoms. The van der Waals surface area contributed by atoms with Gasteiger partial charge in [-0.25, -0.2) is 0 Å². The first-order valence-corrected chi connectivity index (χ1v) is 5.91. The number of halogens is 3. The summed E-state index contributed by atoms with van der Waals surface area (Å²) in [6, 6.07) is 8.85. The predicted octanol–water partition coefficient (Wildman–Crippen LogP) is 4.29. The third-order valence-electron chi connectivity index (χ3n) is 1.82. The largest absolute Gasteiger partial charge is 0.338 e. The Morgan fingerprint density at radius 3 is 2.56 bits per heavy atom. The third kappa shape index (κ3) is 2.84. The fraction of sp³-hybridized carbons (Fsp3) is 0. The van der Waals surface area contributed by atoms with E-state index in [0.717, 1.165) is 10.2 Å². The van der Waals surface area contributed by atoms with Crippen molar-refractivity contribution in [3.63, 3.8) is 0 Å². The molecule has 0 aliphatic carbocycles. The van der Waals surface area contributed by atoms with Crippen LogP contribution in [-0.2, 0) is 0 Å². The molecule has 0 fully saturated rings. The molecule has 2 rings (SSSR count). The standard InChI is InChI=1S/C10H6BrCl2N3/c11-7-2-1-6(12)5-8(7)14-10-4-3-9(13)15-16-10/h1-5H,(H,14,16). The summed E-state index contributed by atoms with van der Waals surface area (Å²) in [4.78, 5) is 0. The molecule has 0 aliphatic heterocycles. The van der Waals surface area contributed by atoms with Gasteiger partial charge in [0.1, 0.15) is 0 Å². The molecule has 0 unspecified atom stereocenters. The predicted molar refractivity (Wildman–Crippen MR) is 69.5 cm³/mol. The van der Waals surface area contributed by atoms with Crippen molar-refractivity contribution in [1.82, 2.24) is 10.2 Å². The van der Waals surface area contributed by atoms with Crippen molar-refractivity contribution in [3.8, 4) is 0 Å². The lowest BCUT2D eigenvalue weighted by Gasteiger charge is -2.07. The first-order valence-electron chi connectivity index (χ1n) is 4.36. The van der Waals surface area contributed by atoms with Crippen LogP contribution in [0.4, 0.5) is 11.5 Å². The number of aromatic nitrogens is 2. The lowest BCUT2D eigenvalue weighted by atomic mass is 10.3. The van der Waals surface area contributed by atoms with Crippen molar-refractivity contribution in [2.75, 3.05) is 5.32 Å². The monoisotopic (exact) mass is 317 g/mol. The molecule has 0 atom stereocenters. The molecular formula is C10H6BrCl2N3. The Balaban J connectivity index is 2.26. The van der Waals surface area contributed by atoms with Crippen LogP contribution in [0.2, 0.25) is 10.2 Å². The smallest absolute Gasteiger partial charge is 0.153 e. The molecule has 0 spiro atoms. The Morgan fingerprint density at radius 2 is 1.88 bits per heavy atom. The molecule has 3 nitrogen and oxygen atoms in total. The molecule has 1 aromatic heterocycles. The van der Waals surface area contributed by atoms with Gasteiger partial charge in [-0.15, -0.1) is 10.2 Å². The van der Waals surface area contributed by atoms with Gasteiger partial charge in [-0.1, -0.05) is 23.2 Å². The zero-order valence-corrected chi connectivity index (χ0v) is 11.0. The molecule has 0 saturated heterocycles. The molecule has 82 valence electrons. The van der Waals surface area contributed by atoms with Crippen molar-refractivity contribution in [2.45, 2.75) is 0 Å². The highest BCUT2D eigenvalue weighted by atomic mass is 79.9. The first kappa shape index (κ1) is 11.6. The molecule has 1 N–H and O–H groups in total. The summed E-state index contributed by atoms with van der Waals surface area (Å²) in [7, 11) is 0. The Hall–Kier alpha value is -0.840. The van der Waals surface area contributed by atoms with E-state index in [9.17, 15) is 0 Å². The van der Waals surface area contributed by atoms with E-state index >= 15 is 0 Å². The molecule has 0 radical (unpaired) electrons. The van der Waals surface area contributed by atoms with Crippen molar-refractivity contribution in [1.29, 1.82) is 0 Å². The molecule has 1 aromatic carbocycles. The second kappa shape index (κ2) is 4.99. The zero-order valence-electron chi connectivity index (χ0n) is 7.92. The van der Waals surface area contributed by atoms with Gasteiger partial charge in [-0.2, -0.15) is 0 Å². The van der Waals surface area contributed by atoms with E-state index in [4.69, 9.17) is 23.2 Å². The van der Waals surface area contributed by atoms with Gasteiger partial charge in [0.15, 0.2) is 11.0 Å². The number of nitrogens with zero attached hydrogens (tertiary/aromatic N) is 2. The minimum absolute atomic E-state index is 0.357. The van der Waals surface area contributed by atoms with Gasteiger partial charge < -0.3 is 5.32 Å². The highest BCUT2D eigenvalue weighted by molar-refractivity contribution is 9.10. The van der Waals surface area contributed by atoms with Crippen LogP contribution in [0.25, 0.3) is 0 Å². The topological polar surface area (TPSA) is 37.8 Å². The van der Waals surface area contributed by atoms with Gasteiger partial charge in [0, 0.05) is 9.50 Å². The number of hydrogen-bond acceptors (Lipinski definition) is 3. The summed E-state index contributed by atoms with van der Waals surface area (Å²) in [5.74, 6) is 0.604. The van der Waals surface area contributed by atoms with Crippen molar-refractivity contribution in [2.24, 2.45) is 0 Å². The number of benzene rings is 1. The van der Waals surface area contributed by atoms with Gasteiger partial charge in [0.2, 0.25) is 0 Å². The summed E-state index contributed by atoms with van der Waals surface area (Å²) in [5.41, 5.74) is 0.823. The first-order chi connectivity index (χ1) is 7.65. The average molecular weight is 319 g/mol. The van der Waals surface area contributed by atoms with Crippen LogP contribution in [0, 0.1) is 0 Å². The van der Waals surface area contributed by atoms with Gasteiger partial charge in [0.25, 0.3) is 0 Å². The van der Waals surface area contributed by atoms with E-state index in [1.807, 2.05) is 6.07 Å². The number of rotatable bonds is 2. The Morgan fingerprint density at radius 1 is 1.06 bits per heavy atom. The summed E-state index contributed by atoms with van der Waals surface area (Å²) >= 11 is 14.9. The summed E-state index contributed by atoms with van der Waals surface area (Å²) in [6.07, 6.45) is 0. The van der Waals surface area contributed by atoms with Crippen LogP contribution in [-0.4, -0.2) is 10.2 Å². The van der Waals surface area contributed by atoms with Crippen LogP contribution in [0.15, 0.2) is 34.8 Å². The van der Waals surface area contributed by atoms with Crippen molar-refractivity contribution in [3.05, 3.63) is 45.0 Å². The van der Waals surface area contributed by atoms with E-state index in [0.29, 0.717) is 16.0 Å². The van der Waals surface area contributed by atoms with Crippen LogP contribution in [0.5, 0.6) is 0 Å². The van der Waals surface area contributed by atoms with Gasteiger partial charge in [0.05, 0.1) is 5.69 Å². The molecule has 0 saturated carbocycles. The molecular weight excluding hydrogens is 313 g/mol. The van der Waals surface area contributed by atoms with Gasteiger partial charge in [-0.3, -0.25) is 0 Å². The van der Waals surface area contributed by atoms with Crippen LogP contribution < -0.4 is 5.32 Å². The second-order valence-corrected chi connectivity index (χ2v) is 4.67. The fourth-order valence-corrected chi connectivity index (χ4v) is 1.73. The van der Waals surface area contributed by atoms with Crippen molar-refractivity contribution < 1.29 is 0 Å². The van der Waals surface area contributed by atoms with E-state index < -0.39 is 0 Å². The maximum atomic E-state index is 5.89. The Kier molecular flexibility index (Phi) is 3.63. The molecule has 0 aliphatic rings. The second-order valence-electron chi connectivity index (χ2n) is 2.99. The lowest BCUT2D eigenvalue weighted by molar-refractivity contribution is 1.04. The highest BCUT2D eigenvalue weighted by Crippen LogP contribution is 2.28. The quantitative estimate of drug-likeness (QED) is 0.897. The number of hydrogen-bond donors (Lipinski definition) is 1. The van der Waals surface area contributed by atoms with E-state index in [-0.39, 0.29) is 0 Å². The highest BCUT2D eigenvalue weighted by Gasteiger charge is 2.02. The molecule has 0 bridgehead atoms. The van der Waals surface area contributed by atoms with Gasteiger partial charge in [-0.05, 0) is 46.3 Å². The van der Waals surface area contributed by atoms with E-state index in [2.05, 4.69) is 31.4 Å². The Bertz CT molecular complexity index is 502. The lowest BCUT2D eigenvalue weighted by Crippen LogP contribution is -1.95. The summed E-state index contributed by atoms with van der Waals surface area (Å²) in [6.45, 7) is 0. The number of anilines is 2. The molecule has 1 heterocycles. The van der Waals surface area contributed by atoms with E-state index in [1.165, 1.54) is 0 Å². The summed E-state index contributed by atoms with van der Waals surface area (Å²) < 4.78 is 0.897. The average Bonchev–Trinajstić information content (AvgIpc) is 2.27. The molecule has 0 amide bonds. The van der Waals surface area contributed by atoms with Crippen molar-refractivity contribution >= 4 is 50.6 Å². The minimum Gasteiger partial charge on any atom is -0.338 e. The van der Waals surface area contributed by atoms with Gasteiger partial charge >= 0.3 is 0 Å². The van der Waals surface area contributed by atoms with Crippen LogP contribution in [0.1, 0.15) is 0 Å². The zero-order chi connectivity index (χ0) is 11.5. The van der Waals surface area contributed by atoms with Crippen LogP contribution >= 0.6 is 39.1 Å². The molecule has 2 aromatic rings. The fourth-order valence-electron chi connectivity index (χ4n) is 1.11.